The van der Waals surface area contributed by atoms with Crippen molar-refractivity contribution in [3.8, 4) is 11.1 Å². The Bertz CT molecular complexity index is 942. The summed E-state index contributed by atoms with van der Waals surface area (Å²) in [5.74, 6) is 0.583. The molecule has 1 aliphatic heterocycles. The highest BCUT2D eigenvalue weighted by Gasteiger charge is 2.20. The second-order valence-electron chi connectivity index (χ2n) is 6.51. The molecule has 2 aromatic heterocycles. The van der Waals surface area contributed by atoms with Gasteiger partial charge in [-0.1, -0.05) is 12.1 Å². The van der Waals surface area contributed by atoms with E-state index in [1.807, 2.05) is 18.2 Å². The summed E-state index contributed by atoms with van der Waals surface area (Å²) in [6.07, 6.45) is 4.00. The number of piperidine rings is 1. The number of benzene rings is 1. The van der Waals surface area contributed by atoms with Gasteiger partial charge < -0.3 is 15.8 Å². The van der Waals surface area contributed by atoms with E-state index in [0.717, 1.165) is 48.4 Å². The number of nitrogens with one attached hydrogen (secondary N) is 1. The molecule has 3 N–H and O–H groups in total. The number of ether oxygens (including phenoxy) is 1. The molecule has 0 radical (unpaired) electrons. The quantitative estimate of drug-likeness (QED) is 0.703. The van der Waals surface area contributed by atoms with Crippen LogP contribution in [0.1, 0.15) is 34.8 Å². The van der Waals surface area contributed by atoms with Gasteiger partial charge in [0.25, 0.3) is 0 Å². The molecule has 7 nitrogen and oxygen atoms in total. The van der Waals surface area contributed by atoms with Crippen molar-refractivity contribution in [3.63, 3.8) is 0 Å². The minimum atomic E-state index is -0.356. The number of esters is 1. The van der Waals surface area contributed by atoms with E-state index in [1.165, 1.54) is 7.11 Å². The van der Waals surface area contributed by atoms with Crippen LogP contribution in [0.3, 0.4) is 0 Å². The molecule has 0 spiro atoms. The predicted molar refractivity (Wildman–Crippen MR) is 99.0 cm³/mol. The van der Waals surface area contributed by atoms with Crippen molar-refractivity contribution in [1.82, 2.24) is 19.9 Å². The Morgan fingerprint density at radius 1 is 1.35 bits per heavy atom. The Kier molecular flexibility index (Phi) is 4.30. The van der Waals surface area contributed by atoms with Crippen molar-refractivity contribution in [2.75, 3.05) is 25.9 Å². The lowest BCUT2D eigenvalue weighted by Crippen LogP contribution is -2.29. The van der Waals surface area contributed by atoms with Crippen LogP contribution in [-0.4, -0.2) is 40.8 Å². The van der Waals surface area contributed by atoms with Gasteiger partial charge in [-0.15, -0.1) is 0 Å². The van der Waals surface area contributed by atoms with Crippen LogP contribution in [0.25, 0.3) is 16.8 Å². The highest BCUT2D eigenvalue weighted by molar-refractivity contribution is 5.90. The smallest absolute Gasteiger partial charge is 0.337 e. The third kappa shape index (κ3) is 2.90. The third-order valence-electron chi connectivity index (χ3n) is 4.85. The van der Waals surface area contributed by atoms with Gasteiger partial charge in [-0.25, -0.2) is 9.78 Å². The number of rotatable bonds is 3. The van der Waals surface area contributed by atoms with Crippen molar-refractivity contribution < 1.29 is 9.53 Å². The molecule has 3 heterocycles. The van der Waals surface area contributed by atoms with Crippen LogP contribution in [0, 0.1) is 0 Å². The molecule has 1 saturated heterocycles. The third-order valence-corrected chi connectivity index (χ3v) is 4.85. The lowest BCUT2D eigenvalue weighted by atomic mass is 9.96. The number of carbonyl (C=O) groups is 1. The maximum absolute atomic E-state index is 11.6. The lowest BCUT2D eigenvalue weighted by molar-refractivity contribution is 0.0601. The number of fused-ring (bicyclic) bond motifs is 1. The molecule has 0 aliphatic carbocycles. The minimum absolute atomic E-state index is 0.356. The number of aromatic nitrogens is 3. The van der Waals surface area contributed by atoms with Crippen LogP contribution in [-0.2, 0) is 4.74 Å². The first-order valence-electron chi connectivity index (χ1n) is 8.71. The normalized spacial score (nSPS) is 17.3. The van der Waals surface area contributed by atoms with Crippen LogP contribution < -0.4 is 11.1 Å². The fraction of sp³-hybridized carbons (Fsp3) is 0.316. The minimum Gasteiger partial charge on any atom is -0.465 e. The van der Waals surface area contributed by atoms with Gasteiger partial charge in [0.2, 0.25) is 0 Å². The predicted octanol–water partition coefficient (Wildman–Crippen LogP) is 2.23. The first kappa shape index (κ1) is 16.5. The van der Waals surface area contributed by atoms with Gasteiger partial charge in [0.1, 0.15) is 5.82 Å². The van der Waals surface area contributed by atoms with Gasteiger partial charge in [-0.2, -0.15) is 9.61 Å². The molecule has 0 bridgehead atoms. The van der Waals surface area contributed by atoms with E-state index in [2.05, 4.69) is 10.4 Å². The van der Waals surface area contributed by atoms with Crippen molar-refractivity contribution in [1.29, 1.82) is 0 Å². The zero-order chi connectivity index (χ0) is 18.1. The van der Waals surface area contributed by atoms with Crippen molar-refractivity contribution in [2.45, 2.75) is 18.8 Å². The number of nitrogens with zero attached hydrogens (tertiary/aromatic N) is 3. The summed E-state index contributed by atoms with van der Waals surface area (Å²) in [6.45, 7) is 1.97. The lowest BCUT2D eigenvalue weighted by Gasteiger charge is -2.22. The molecule has 26 heavy (non-hydrogen) atoms. The standard InChI is InChI=1S/C19H21N5O2/c1-26-19(25)13-6-4-12(5-7-13)15-11-22-24-17(20)9-16(23-18(15)24)14-3-2-8-21-10-14/h4-7,9,11,14,21H,2-3,8,10,20H2,1H3. The van der Waals surface area contributed by atoms with E-state index in [1.54, 1.807) is 22.8 Å². The molecule has 1 fully saturated rings. The maximum atomic E-state index is 11.6. The number of nitrogens with two attached hydrogens (primary N) is 1. The van der Waals surface area contributed by atoms with E-state index in [0.29, 0.717) is 17.3 Å². The van der Waals surface area contributed by atoms with Crippen molar-refractivity contribution >= 4 is 17.4 Å². The molecule has 1 unspecified atom stereocenters. The number of methoxy groups -OCH3 is 1. The van der Waals surface area contributed by atoms with Gasteiger partial charge in [0.05, 0.1) is 24.6 Å². The van der Waals surface area contributed by atoms with Crippen LogP contribution in [0.4, 0.5) is 5.82 Å². The second kappa shape index (κ2) is 6.76. The summed E-state index contributed by atoms with van der Waals surface area (Å²) >= 11 is 0. The summed E-state index contributed by atoms with van der Waals surface area (Å²) in [4.78, 5) is 16.5. The van der Waals surface area contributed by atoms with Crippen LogP contribution >= 0.6 is 0 Å². The van der Waals surface area contributed by atoms with Crippen LogP contribution in [0.15, 0.2) is 36.5 Å². The Morgan fingerprint density at radius 2 is 2.15 bits per heavy atom. The zero-order valence-electron chi connectivity index (χ0n) is 14.6. The average molecular weight is 351 g/mol. The maximum Gasteiger partial charge on any atom is 0.337 e. The monoisotopic (exact) mass is 351 g/mol. The zero-order valence-corrected chi connectivity index (χ0v) is 14.6. The summed E-state index contributed by atoms with van der Waals surface area (Å²) in [7, 11) is 1.37. The first-order valence-corrected chi connectivity index (χ1v) is 8.71. The van der Waals surface area contributed by atoms with Crippen LogP contribution in [0.5, 0.6) is 0 Å². The summed E-state index contributed by atoms with van der Waals surface area (Å²) in [5, 5.41) is 7.79. The Hall–Kier alpha value is -2.93. The number of nitrogen functional groups attached to an aromatic ring is 1. The molecule has 7 heteroatoms. The summed E-state index contributed by atoms with van der Waals surface area (Å²) in [6, 6.07) is 9.14. The largest absolute Gasteiger partial charge is 0.465 e. The Labute approximate surface area is 151 Å². The Morgan fingerprint density at radius 3 is 2.85 bits per heavy atom. The first-order chi connectivity index (χ1) is 12.7. The van der Waals surface area contributed by atoms with Crippen molar-refractivity contribution in [2.24, 2.45) is 0 Å². The van der Waals surface area contributed by atoms with E-state index < -0.39 is 0 Å². The van der Waals surface area contributed by atoms with Crippen molar-refractivity contribution in [3.05, 3.63) is 47.8 Å². The molecular formula is C19H21N5O2. The molecular weight excluding hydrogens is 330 g/mol. The number of hydrogen-bond donors (Lipinski definition) is 2. The van der Waals surface area contributed by atoms with Gasteiger partial charge in [0.15, 0.2) is 5.65 Å². The average Bonchev–Trinajstić information content (AvgIpc) is 3.13. The summed E-state index contributed by atoms with van der Waals surface area (Å²) < 4.78 is 6.40. The number of anilines is 1. The highest BCUT2D eigenvalue weighted by atomic mass is 16.5. The number of hydrogen-bond acceptors (Lipinski definition) is 6. The number of carbonyl (C=O) groups excluding carboxylic acids is 1. The van der Waals surface area contributed by atoms with E-state index >= 15 is 0 Å². The molecule has 1 aliphatic rings. The van der Waals surface area contributed by atoms with Gasteiger partial charge in [-0.05, 0) is 37.1 Å². The summed E-state index contributed by atoms with van der Waals surface area (Å²) in [5.41, 5.74) is 10.3. The van der Waals surface area contributed by atoms with Gasteiger partial charge in [-0.3, -0.25) is 0 Å². The fourth-order valence-electron chi connectivity index (χ4n) is 3.43. The van der Waals surface area contributed by atoms with E-state index in [4.69, 9.17) is 15.5 Å². The molecule has 3 aromatic rings. The molecule has 134 valence electrons. The highest BCUT2D eigenvalue weighted by Crippen LogP contribution is 2.29. The second-order valence-corrected chi connectivity index (χ2v) is 6.51. The molecule has 0 saturated carbocycles. The molecule has 0 amide bonds. The molecule has 4 rings (SSSR count). The molecule has 1 aromatic carbocycles. The van der Waals surface area contributed by atoms with Crippen LogP contribution in [0.2, 0.25) is 0 Å². The SMILES string of the molecule is COC(=O)c1ccc(-c2cnn3c(N)cc(C4CCCNC4)nc23)cc1. The van der Waals surface area contributed by atoms with Gasteiger partial charge >= 0.3 is 5.97 Å². The topological polar surface area (TPSA) is 94.5 Å². The van der Waals surface area contributed by atoms with E-state index in [9.17, 15) is 4.79 Å². The molecule has 1 atom stereocenters. The fourth-order valence-corrected chi connectivity index (χ4v) is 3.43. The Balaban J connectivity index is 1.75. The van der Waals surface area contributed by atoms with E-state index in [-0.39, 0.29) is 5.97 Å². The van der Waals surface area contributed by atoms with Gasteiger partial charge in [0, 0.05) is 24.1 Å².